The van der Waals surface area contributed by atoms with Crippen LogP contribution in [0.4, 0.5) is 5.69 Å². The van der Waals surface area contributed by atoms with Crippen molar-refractivity contribution in [2.45, 2.75) is 40.0 Å². The van der Waals surface area contributed by atoms with Crippen LogP contribution in [0.15, 0.2) is 36.4 Å². The summed E-state index contributed by atoms with van der Waals surface area (Å²) in [5.41, 5.74) is 4.05. The first-order valence-electron chi connectivity index (χ1n) is 8.51. The van der Waals surface area contributed by atoms with Gasteiger partial charge in [0.1, 0.15) is 11.5 Å². The molecule has 0 aliphatic rings. The Morgan fingerprint density at radius 1 is 0.913 bits per heavy atom. The van der Waals surface area contributed by atoms with Crippen LogP contribution in [0, 0.1) is 0 Å². The molecule has 0 unspecified atom stereocenters. The lowest BCUT2D eigenvalue weighted by molar-refractivity contribution is 0.473. The van der Waals surface area contributed by atoms with Gasteiger partial charge in [-0.2, -0.15) is 0 Å². The van der Waals surface area contributed by atoms with Crippen molar-refractivity contribution in [3.05, 3.63) is 42.0 Å². The predicted octanol–water partition coefficient (Wildman–Crippen LogP) is 4.95. The first-order valence-corrected chi connectivity index (χ1v) is 8.51. The third-order valence-electron chi connectivity index (χ3n) is 4.28. The minimum Gasteiger partial charge on any atom is -0.508 e. The molecule has 124 valence electrons. The minimum atomic E-state index is 0.258. The number of aryl methyl sites for hydroxylation is 1. The SMILES string of the molecule is CCCCc1ccc(O)cc1-c1cccc(O)c1N(CC)CC. The molecule has 0 radical (unpaired) electrons. The molecule has 0 bridgehead atoms. The fraction of sp³-hybridized carbons (Fsp3) is 0.400. The highest BCUT2D eigenvalue weighted by atomic mass is 16.3. The lowest BCUT2D eigenvalue weighted by Gasteiger charge is -2.26. The number of aromatic hydroxyl groups is 2. The second kappa shape index (κ2) is 7.91. The third kappa shape index (κ3) is 3.79. The molecule has 2 aromatic carbocycles. The molecule has 0 aliphatic heterocycles. The van der Waals surface area contributed by atoms with E-state index in [4.69, 9.17) is 0 Å². The summed E-state index contributed by atoms with van der Waals surface area (Å²) in [5.74, 6) is 0.546. The number of unbranched alkanes of at least 4 members (excludes halogenated alkanes) is 1. The molecule has 2 N–H and O–H groups in total. The molecule has 2 aromatic rings. The van der Waals surface area contributed by atoms with Gasteiger partial charge in [-0.1, -0.05) is 31.5 Å². The molecule has 0 spiro atoms. The smallest absolute Gasteiger partial charge is 0.139 e. The van der Waals surface area contributed by atoms with Crippen molar-refractivity contribution in [1.29, 1.82) is 0 Å². The van der Waals surface area contributed by atoms with Crippen LogP contribution in [0.25, 0.3) is 11.1 Å². The first-order chi connectivity index (χ1) is 11.1. The number of benzene rings is 2. The molecule has 2 rings (SSSR count). The van der Waals surface area contributed by atoms with Crippen LogP contribution >= 0.6 is 0 Å². The Hall–Kier alpha value is -2.16. The highest BCUT2D eigenvalue weighted by Crippen LogP contribution is 2.40. The number of phenols is 2. The summed E-state index contributed by atoms with van der Waals surface area (Å²) in [7, 11) is 0. The summed E-state index contributed by atoms with van der Waals surface area (Å²) in [6.45, 7) is 7.99. The van der Waals surface area contributed by atoms with E-state index in [9.17, 15) is 10.2 Å². The fourth-order valence-electron chi connectivity index (χ4n) is 3.02. The third-order valence-corrected chi connectivity index (χ3v) is 4.28. The van der Waals surface area contributed by atoms with E-state index in [1.807, 2.05) is 24.3 Å². The fourth-order valence-corrected chi connectivity index (χ4v) is 3.02. The number of para-hydroxylation sites is 1. The number of phenolic OH excluding ortho intramolecular Hbond substituents is 2. The lowest BCUT2D eigenvalue weighted by Crippen LogP contribution is -2.22. The van der Waals surface area contributed by atoms with Crippen molar-refractivity contribution in [2.24, 2.45) is 0 Å². The van der Waals surface area contributed by atoms with Gasteiger partial charge in [-0.3, -0.25) is 0 Å². The first kappa shape index (κ1) is 17.2. The molecular formula is C20H27NO2. The normalized spacial score (nSPS) is 10.7. The molecule has 0 aromatic heterocycles. The van der Waals surface area contributed by atoms with Crippen molar-refractivity contribution in [2.75, 3.05) is 18.0 Å². The Bertz CT molecular complexity index is 648. The largest absolute Gasteiger partial charge is 0.508 e. The molecule has 0 fully saturated rings. The summed E-state index contributed by atoms with van der Waals surface area (Å²) in [6, 6.07) is 11.2. The van der Waals surface area contributed by atoms with E-state index in [-0.39, 0.29) is 11.5 Å². The Labute approximate surface area is 139 Å². The van der Waals surface area contributed by atoms with Gasteiger partial charge in [0.05, 0.1) is 5.69 Å². The van der Waals surface area contributed by atoms with Crippen molar-refractivity contribution < 1.29 is 10.2 Å². The summed E-state index contributed by atoms with van der Waals surface area (Å²) < 4.78 is 0. The van der Waals surface area contributed by atoms with Gasteiger partial charge in [0, 0.05) is 18.7 Å². The van der Waals surface area contributed by atoms with E-state index in [1.54, 1.807) is 12.1 Å². The molecule has 3 nitrogen and oxygen atoms in total. The van der Waals surface area contributed by atoms with Crippen LogP contribution in [0.2, 0.25) is 0 Å². The maximum Gasteiger partial charge on any atom is 0.139 e. The molecule has 23 heavy (non-hydrogen) atoms. The highest BCUT2D eigenvalue weighted by molar-refractivity contribution is 5.85. The molecular weight excluding hydrogens is 286 g/mol. The number of hydrogen-bond donors (Lipinski definition) is 2. The van der Waals surface area contributed by atoms with E-state index in [0.717, 1.165) is 49.2 Å². The Balaban J connectivity index is 2.62. The Morgan fingerprint density at radius 2 is 1.65 bits per heavy atom. The van der Waals surface area contributed by atoms with Gasteiger partial charge in [-0.15, -0.1) is 0 Å². The Kier molecular flexibility index (Phi) is 5.91. The van der Waals surface area contributed by atoms with Crippen molar-refractivity contribution in [3.8, 4) is 22.6 Å². The number of hydrogen-bond acceptors (Lipinski definition) is 3. The maximum absolute atomic E-state index is 10.4. The van der Waals surface area contributed by atoms with Crippen LogP contribution in [-0.4, -0.2) is 23.3 Å². The molecule has 0 amide bonds. The van der Waals surface area contributed by atoms with Crippen molar-refractivity contribution in [1.82, 2.24) is 0 Å². The minimum absolute atomic E-state index is 0.258. The van der Waals surface area contributed by atoms with E-state index in [1.165, 1.54) is 5.56 Å². The second-order valence-electron chi connectivity index (χ2n) is 5.79. The zero-order valence-electron chi connectivity index (χ0n) is 14.3. The van der Waals surface area contributed by atoms with E-state index >= 15 is 0 Å². The summed E-state index contributed by atoms with van der Waals surface area (Å²) in [5, 5.41) is 20.4. The van der Waals surface area contributed by atoms with Gasteiger partial charge in [-0.05, 0) is 56.0 Å². The number of nitrogens with zero attached hydrogens (tertiary/aromatic N) is 1. The monoisotopic (exact) mass is 313 g/mol. The lowest BCUT2D eigenvalue weighted by atomic mass is 9.94. The summed E-state index contributed by atoms with van der Waals surface area (Å²) >= 11 is 0. The van der Waals surface area contributed by atoms with Gasteiger partial charge < -0.3 is 15.1 Å². The average molecular weight is 313 g/mol. The van der Waals surface area contributed by atoms with E-state index < -0.39 is 0 Å². The van der Waals surface area contributed by atoms with Crippen LogP contribution in [0.1, 0.15) is 39.2 Å². The molecule has 0 saturated carbocycles. The van der Waals surface area contributed by atoms with Crippen LogP contribution in [-0.2, 0) is 6.42 Å². The zero-order chi connectivity index (χ0) is 16.8. The van der Waals surface area contributed by atoms with Gasteiger partial charge in [0.15, 0.2) is 0 Å². The van der Waals surface area contributed by atoms with Gasteiger partial charge in [0.25, 0.3) is 0 Å². The van der Waals surface area contributed by atoms with Crippen molar-refractivity contribution >= 4 is 5.69 Å². The molecule has 3 heteroatoms. The quantitative estimate of drug-likeness (QED) is 0.760. The molecule has 0 heterocycles. The van der Waals surface area contributed by atoms with Crippen LogP contribution in [0.3, 0.4) is 0 Å². The Morgan fingerprint density at radius 3 is 2.30 bits per heavy atom. The topological polar surface area (TPSA) is 43.7 Å². The standard InChI is InChI=1S/C20H27NO2/c1-4-7-9-15-12-13-16(22)14-18(15)17-10-8-11-19(23)20(17)21(5-2)6-3/h8,10-14,22-23H,4-7,9H2,1-3H3. The molecule has 0 aliphatic carbocycles. The summed E-state index contributed by atoms with van der Waals surface area (Å²) in [6.07, 6.45) is 3.21. The average Bonchev–Trinajstić information content (AvgIpc) is 2.56. The van der Waals surface area contributed by atoms with Gasteiger partial charge >= 0.3 is 0 Å². The van der Waals surface area contributed by atoms with Crippen molar-refractivity contribution in [3.63, 3.8) is 0 Å². The van der Waals surface area contributed by atoms with Gasteiger partial charge in [0.2, 0.25) is 0 Å². The molecule has 0 atom stereocenters. The number of anilines is 1. The maximum atomic E-state index is 10.4. The van der Waals surface area contributed by atoms with Gasteiger partial charge in [-0.25, -0.2) is 0 Å². The van der Waals surface area contributed by atoms with Crippen LogP contribution < -0.4 is 4.90 Å². The highest BCUT2D eigenvalue weighted by Gasteiger charge is 2.17. The second-order valence-corrected chi connectivity index (χ2v) is 5.79. The number of rotatable bonds is 7. The van der Waals surface area contributed by atoms with Crippen LogP contribution in [0.5, 0.6) is 11.5 Å². The molecule has 0 saturated heterocycles. The predicted molar refractivity (Wildman–Crippen MR) is 97.4 cm³/mol. The zero-order valence-corrected chi connectivity index (χ0v) is 14.3. The summed E-state index contributed by atoms with van der Waals surface area (Å²) in [4.78, 5) is 2.15. The van der Waals surface area contributed by atoms with E-state index in [2.05, 4.69) is 25.7 Å². The van der Waals surface area contributed by atoms with E-state index in [0.29, 0.717) is 0 Å².